The molecule has 0 N–H and O–H groups in total. The van der Waals surface area contributed by atoms with Crippen molar-refractivity contribution in [3.63, 3.8) is 0 Å². The SMILES string of the molecule is Cc1cc(C(=O)CN(C)CC2CCN(C)CC2)c(C)n1C. The van der Waals surface area contributed by atoms with Crippen LogP contribution in [0.2, 0.25) is 0 Å². The molecule has 0 aromatic carbocycles. The first-order valence-electron chi connectivity index (χ1n) is 7.91. The van der Waals surface area contributed by atoms with Gasteiger partial charge in [-0.15, -0.1) is 0 Å². The van der Waals surface area contributed by atoms with Crippen LogP contribution >= 0.6 is 0 Å². The van der Waals surface area contributed by atoms with Gasteiger partial charge in [-0.3, -0.25) is 9.69 Å². The molecule has 1 aliphatic heterocycles. The minimum Gasteiger partial charge on any atom is -0.351 e. The van der Waals surface area contributed by atoms with Crippen molar-refractivity contribution in [1.29, 1.82) is 0 Å². The summed E-state index contributed by atoms with van der Waals surface area (Å²) in [5, 5.41) is 0. The van der Waals surface area contributed by atoms with Gasteiger partial charge in [-0.25, -0.2) is 0 Å². The zero-order valence-corrected chi connectivity index (χ0v) is 14.1. The van der Waals surface area contributed by atoms with Gasteiger partial charge >= 0.3 is 0 Å². The quantitative estimate of drug-likeness (QED) is 0.778. The minimum absolute atomic E-state index is 0.242. The van der Waals surface area contributed by atoms with Crippen molar-refractivity contribution in [1.82, 2.24) is 14.4 Å². The lowest BCUT2D eigenvalue weighted by Crippen LogP contribution is -2.37. The lowest BCUT2D eigenvalue weighted by atomic mass is 9.96. The maximum Gasteiger partial charge on any atom is 0.178 e. The molecule has 1 saturated heterocycles. The van der Waals surface area contributed by atoms with E-state index in [9.17, 15) is 4.79 Å². The van der Waals surface area contributed by atoms with Crippen molar-refractivity contribution in [2.24, 2.45) is 13.0 Å². The molecule has 4 nitrogen and oxygen atoms in total. The second-order valence-corrected chi connectivity index (χ2v) is 6.71. The number of carbonyl (C=O) groups excluding carboxylic acids is 1. The molecule has 2 rings (SSSR count). The first-order chi connectivity index (χ1) is 9.88. The van der Waals surface area contributed by atoms with Crippen LogP contribution in [0.3, 0.4) is 0 Å². The zero-order chi connectivity index (χ0) is 15.6. The Hall–Kier alpha value is -1.13. The van der Waals surface area contributed by atoms with Gasteiger partial charge < -0.3 is 9.47 Å². The van der Waals surface area contributed by atoms with Gasteiger partial charge in [-0.2, -0.15) is 0 Å². The van der Waals surface area contributed by atoms with Crippen LogP contribution in [-0.2, 0) is 7.05 Å². The molecule has 4 heteroatoms. The number of rotatable bonds is 5. The van der Waals surface area contributed by atoms with E-state index >= 15 is 0 Å². The summed E-state index contributed by atoms with van der Waals surface area (Å²) in [6.07, 6.45) is 2.50. The van der Waals surface area contributed by atoms with Crippen molar-refractivity contribution in [2.75, 3.05) is 40.3 Å². The van der Waals surface area contributed by atoms with Gasteiger partial charge in [-0.05, 0) is 65.9 Å². The maximum atomic E-state index is 12.5. The average Bonchev–Trinajstić information content (AvgIpc) is 2.69. The molecule has 1 aromatic rings. The number of hydrogen-bond acceptors (Lipinski definition) is 3. The highest BCUT2D eigenvalue weighted by molar-refractivity contribution is 5.99. The van der Waals surface area contributed by atoms with E-state index in [-0.39, 0.29) is 5.78 Å². The molecule has 2 heterocycles. The lowest BCUT2D eigenvalue weighted by molar-refractivity contribution is 0.0924. The van der Waals surface area contributed by atoms with Gasteiger partial charge in [0.2, 0.25) is 0 Å². The van der Waals surface area contributed by atoms with E-state index in [1.54, 1.807) is 0 Å². The van der Waals surface area contributed by atoms with E-state index < -0.39 is 0 Å². The molecule has 1 aliphatic rings. The van der Waals surface area contributed by atoms with Gasteiger partial charge in [0, 0.05) is 30.5 Å². The molecular formula is C17H29N3O. The lowest BCUT2D eigenvalue weighted by Gasteiger charge is -2.31. The fraction of sp³-hybridized carbons (Fsp3) is 0.706. The van der Waals surface area contributed by atoms with E-state index in [1.165, 1.54) is 25.9 Å². The molecule has 0 bridgehead atoms. The number of nitrogens with zero attached hydrogens (tertiary/aromatic N) is 3. The minimum atomic E-state index is 0.242. The average molecular weight is 291 g/mol. The first kappa shape index (κ1) is 16.2. The van der Waals surface area contributed by atoms with E-state index in [0.717, 1.165) is 29.4 Å². The van der Waals surface area contributed by atoms with Crippen LogP contribution in [-0.4, -0.2) is 60.4 Å². The van der Waals surface area contributed by atoms with Crippen molar-refractivity contribution in [3.8, 4) is 0 Å². The summed E-state index contributed by atoms with van der Waals surface area (Å²) in [6.45, 7) is 8.00. The molecule has 21 heavy (non-hydrogen) atoms. The summed E-state index contributed by atoms with van der Waals surface area (Å²) < 4.78 is 2.09. The molecule has 0 saturated carbocycles. The summed E-state index contributed by atoms with van der Waals surface area (Å²) in [5.74, 6) is 0.976. The van der Waals surface area contributed by atoms with Crippen molar-refractivity contribution < 1.29 is 4.79 Å². The van der Waals surface area contributed by atoms with E-state index in [2.05, 4.69) is 28.5 Å². The van der Waals surface area contributed by atoms with E-state index in [4.69, 9.17) is 0 Å². The maximum absolute atomic E-state index is 12.5. The highest BCUT2D eigenvalue weighted by atomic mass is 16.1. The standard InChI is InChI=1S/C17H29N3O/c1-13-10-16(14(2)20(13)5)17(21)12-19(4)11-15-6-8-18(3)9-7-15/h10,15H,6-9,11-12H2,1-5H3. The number of piperidine rings is 1. The second-order valence-electron chi connectivity index (χ2n) is 6.71. The highest BCUT2D eigenvalue weighted by Crippen LogP contribution is 2.18. The zero-order valence-electron chi connectivity index (χ0n) is 14.1. The number of aryl methyl sites for hydroxylation is 1. The third-order valence-electron chi connectivity index (χ3n) is 4.90. The Balaban J connectivity index is 1.88. The number of ketones is 1. The Morgan fingerprint density at radius 2 is 1.90 bits per heavy atom. The van der Waals surface area contributed by atoms with Gasteiger partial charge in [0.1, 0.15) is 0 Å². The van der Waals surface area contributed by atoms with Crippen molar-refractivity contribution in [3.05, 3.63) is 23.0 Å². The van der Waals surface area contributed by atoms with Crippen LogP contribution in [0.1, 0.15) is 34.6 Å². The molecule has 0 radical (unpaired) electrons. The van der Waals surface area contributed by atoms with Crippen LogP contribution < -0.4 is 0 Å². The summed E-state index contributed by atoms with van der Waals surface area (Å²) in [7, 11) is 6.27. The predicted octanol–water partition coefficient (Wildman–Crippen LogP) is 2.10. The predicted molar refractivity (Wildman–Crippen MR) is 86.9 cm³/mol. The molecule has 1 aromatic heterocycles. The van der Waals surface area contributed by atoms with Gasteiger partial charge in [0.15, 0.2) is 5.78 Å². The largest absolute Gasteiger partial charge is 0.351 e. The molecule has 0 amide bonds. The van der Waals surface area contributed by atoms with Gasteiger partial charge in [-0.1, -0.05) is 0 Å². The Labute approximate surface area is 128 Å². The van der Waals surface area contributed by atoms with Crippen LogP contribution in [0, 0.1) is 19.8 Å². The molecule has 0 spiro atoms. The number of likely N-dealkylation sites (N-methyl/N-ethyl adjacent to an activating group) is 1. The van der Waals surface area contributed by atoms with Crippen LogP contribution in [0.15, 0.2) is 6.07 Å². The van der Waals surface area contributed by atoms with Crippen LogP contribution in [0.4, 0.5) is 0 Å². The number of Topliss-reactive ketones (excluding diaryl/α,β-unsaturated/α-hetero) is 1. The van der Waals surface area contributed by atoms with Gasteiger partial charge in [0.25, 0.3) is 0 Å². The Bertz CT molecular complexity index is 498. The summed E-state index contributed by atoms with van der Waals surface area (Å²) in [4.78, 5) is 17.1. The number of aromatic nitrogens is 1. The summed E-state index contributed by atoms with van der Waals surface area (Å²) >= 11 is 0. The van der Waals surface area contributed by atoms with Gasteiger partial charge in [0.05, 0.1) is 6.54 Å². The third kappa shape index (κ3) is 3.95. The second kappa shape index (κ2) is 6.75. The molecule has 1 fully saturated rings. The molecule has 0 unspecified atom stereocenters. The van der Waals surface area contributed by atoms with E-state index in [1.807, 2.05) is 27.0 Å². The smallest absolute Gasteiger partial charge is 0.178 e. The number of likely N-dealkylation sites (tertiary alicyclic amines) is 1. The molecule has 118 valence electrons. The number of carbonyl (C=O) groups is 1. The third-order valence-corrected chi connectivity index (χ3v) is 4.90. The first-order valence-corrected chi connectivity index (χ1v) is 7.91. The van der Waals surface area contributed by atoms with Crippen molar-refractivity contribution >= 4 is 5.78 Å². The monoisotopic (exact) mass is 291 g/mol. The molecule has 0 atom stereocenters. The summed E-state index contributed by atoms with van der Waals surface area (Å²) in [6, 6.07) is 2.01. The van der Waals surface area contributed by atoms with Crippen LogP contribution in [0.5, 0.6) is 0 Å². The van der Waals surface area contributed by atoms with Crippen LogP contribution in [0.25, 0.3) is 0 Å². The summed E-state index contributed by atoms with van der Waals surface area (Å²) in [5.41, 5.74) is 3.10. The molecular weight excluding hydrogens is 262 g/mol. The fourth-order valence-electron chi connectivity index (χ4n) is 3.22. The highest BCUT2D eigenvalue weighted by Gasteiger charge is 2.20. The molecule has 0 aliphatic carbocycles. The topological polar surface area (TPSA) is 28.5 Å². The van der Waals surface area contributed by atoms with Crippen molar-refractivity contribution in [2.45, 2.75) is 26.7 Å². The normalized spacial score (nSPS) is 17.6. The fourth-order valence-corrected chi connectivity index (χ4v) is 3.22. The Morgan fingerprint density at radius 1 is 1.29 bits per heavy atom. The Kier molecular flexibility index (Phi) is 5.22. The Morgan fingerprint density at radius 3 is 2.43 bits per heavy atom. The van der Waals surface area contributed by atoms with E-state index in [0.29, 0.717) is 6.54 Å². The number of hydrogen-bond donors (Lipinski definition) is 0.